The monoisotopic (exact) mass is 620 g/mol. The maximum Gasteiger partial charge on any atom is 0.252 e. The smallest absolute Gasteiger partial charge is 0.252 e. The Morgan fingerprint density at radius 2 is 0.913 bits per heavy atom. The topological polar surface area (TPSA) is 9.23 Å². The summed E-state index contributed by atoms with van der Waals surface area (Å²) in [7, 11) is -2.63. The van der Waals surface area contributed by atoms with E-state index in [1.165, 1.54) is 57.3 Å². The number of para-hydroxylation sites is 2. The van der Waals surface area contributed by atoms with Gasteiger partial charge >= 0.3 is 0 Å². The minimum Gasteiger partial charge on any atom is -0.458 e. The normalized spacial score (nSPS) is 12.5. The number of thiophene rings is 1. The molecule has 1 aliphatic heterocycles. The van der Waals surface area contributed by atoms with Gasteiger partial charge in [-0.15, -0.1) is 11.3 Å². The second kappa shape index (κ2) is 11.0. The quantitative estimate of drug-likeness (QED) is 0.168. The zero-order chi connectivity index (χ0) is 30.5. The van der Waals surface area contributed by atoms with E-state index in [1.807, 2.05) is 11.3 Å². The molecule has 0 aliphatic carbocycles. The predicted octanol–water partition coefficient (Wildman–Crippen LogP) is 6.05. The van der Waals surface area contributed by atoms with E-state index in [1.54, 1.807) is 0 Å². The molecular formula is C42H29BOSSi. The zero-order valence-corrected chi connectivity index (χ0v) is 27.0. The molecule has 1 aliphatic rings. The molecule has 2 heterocycles. The molecule has 0 bridgehead atoms. The highest BCUT2D eigenvalue weighted by molar-refractivity contribution is 7.28. The van der Waals surface area contributed by atoms with Gasteiger partial charge in [-0.2, -0.15) is 0 Å². The highest BCUT2D eigenvalue weighted by Crippen LogP contribution is 2.34. The summed E-state index contributed by atoms with van der Waals surface area (Å²) in [4.78, 5) is 0. The van der Waals surface area contributed by atoms with Crippen LogP contribution in [0.3, 0.4) is 0 Å². The number of hydrogen-bond donors (Lipinski definition) is 0. The predicted molar refractivity (Wildman–Crippen MR) is 201 cm³/mol. The van der Waals surface area contributed by atoms with E-state index >= 15 is 0 Å². The molecule has 0 spiro atoms. The van der Waals surface area contributed by atoms with E-state index in [4.69, 9.17) is 4.74 Å². The van der Waals surface area contributed by atoms with E-state index < -0.39 is 8.07 Å². The molecule has 4 heteroatoms. The van der Waals surface area contributed by atoms with Crippen molar-refractivity contribution >= 4 is 83.4 Å². The van der Waals surface area contributed by atoms with Crippen LogP contribution >= 0.6 is 11.3 Å². The summed E-state index contributed by atoms with van der Waals surface area (Å²) in [6.45, 7) is 0.101. The lowest BCUT2D eigenvalue weighted by Crippen LogP contribution is -2.74. The van der Waals surface area contributed by atoms with Gasteiger partial charge in [-0.1, -0.05) is 163 Å². The first kappa shape index (κ1) is 27.2. The number of hydrogen-bond acceptors (Lipinski definition) is 2. The van der Waals surface area contributed by atoms with Crippen molar-refractivity contribution in [3.63, 3.8) is 0 Å². The van der Waals surface area contributed by atoms with E-state index in [0.29, 0.717) is 0 Å². The average molecular weight is 621 g/mol. The molecule has 0 atom stereocenters. The van der Waals surface area contributed by atoms with Crippen LogP contribution in [0.1, 0.15) is 0 Å². The Bertz CT molecular complexity index is 2210. The molecule has 216 valence electrons. The van der Waals surface area contributed by atoms with Gasteiger partial charge < -0.3 is 4.74 Å². The fourth-order valence-corrected chi connectivity index (χ4v) is 13.6. The summed E-state index contributed by atoms with van der Waals surface area (Å²) in [5.74, 6) is 1.88. The standard InChI is InChI=1S/C42H29BOSSi/c1-4-15-30(16-5-1)46(31-17-6-2-7-18-31,32-19-8-3-9-20-32)33-27-28-41-35(29-33)34-21-14-24-38(42(34)45-41)43-36-22-10-12-25-39(36)44-40-26-13-11-23-37(40)43/h1-29H. The fraction of sp³-hybridized carbons (Fsp3) is 0. The minimum atomic E-state index is -2.63. The van der Waals surface area contributed by atoms with Gasteiger partial charge in [-0.25, -0.2) is 0 Å². The van der Waals surface area contributed by atoms with Crippen molar-refractivity contribution in [3.8, 4) is 11.5 Å². The van der Waals surface area contributed by atoms with Crippen LogP contribution in [-0.2, 0) is 0 Å². The largest absolute Gasteiger partial charge is 0.458 e. The number of benzene rings is 7. The van der Waals surface area contributed by atoms with E-state index in [-0.39, 0.29) is 6.71 Å². The molecule has 0 saturated carbocycles. The Morgan fingerprint density at radius 3 is 1.48 bits per heavy atom. The molecule has 8 aromatic rings. The number of ether oxygens (including phenoxy) is 1. The third kappa shape index (κ3) is 4.14. The highest BCUT2D eigenvalue weighted by Gasteiger charge is 2.41. The molecule has 9 rings (SSSR count). The summed E-state index contributed by atoms with van der Waals surface area (Å²) in [5.41, 5.74) is 3.77. The van der Waals surface area contributed by atoms with Crippen LogP contribution in [-0.4, -0.2) is 14.8 Å². The van der Waals surface area contributed by atoms with Gasteiger partial charge in [0, 0.05) is 14.8 Å². The molecule has 0 saturated heterocycles. The van der Waals surface area contributed by atoms with Gasteiger partial charge in [0.15, 0.2) is 8.07 Å². The van der Waals surface area contributed by atoms with Gasteiger partial charge in [0.1, 0.15) is 11.5 Å². The Labute approximate surface area is 274 Å². The molecular weight excluding hydrogens is 591 g/mol. The first-order valence-corrected chi connectivity index (χ1v) is 18.6. The number of fused-ring (bicyclic) bond motifs is 5. The lowest BCUT2D eigenvalue weighted by molar-refractivity contribution is 0.487. The molecule has 46 heavy (non-hydrogen) atoms. The van der Waals surface area contributed by atoms with Crippen LogP contribution in [0.15, 0.2) is 176 Å². The molecule has 1 aromatic heterocycles. The number of rotatable bonds is 5. The molecule has 7 aromatic carbocycles. The lowest BCUT2D eigenvalue weighted by atomic mass is 9.36. The molecule has 0 radical (unpaired) electrons. The van der Waals surface area contributed by atoms with Crippen LogP contribution in [0.25, 0.3) is 20.2 Å². The van der Waals surface area contributed by atoms with E-state index in [9.17, 15) is 0 Å². The van der Waals surface area contributed by atoms with Gasteiger partial charge in [-0.05, 0) is 55.3 Å². The summed E-state index contributed by atoms with van der Waals surface area (Å²) in [5, 5.41) is 8.22. The van der Waals surface area contributed by atoms with Gasteiger partial charge in [0.2, 0.25) is 0 Å². The average Bonchev–Trinajstić information content (AvgIpc) is 3.51. The molecule has 0 fully saturated rings. The minimum absolute atomic E-state index is 0.101. The van der Waals surface area contributed by atoms with Crippen LogP contribution in [0, 0.1) is 0 Å². The van der Waals surface area contributed by atoms with Crippen LogP contribution in [0.5, 0.6) is 11.5 Å². The fourth-order valence-electron chi connectivity index (χ4n) is 7.59. The third-order valence-electron chi connectivity index (χ3n) is 9.57. The SMILES string of the molecule is c1ccc([Si](c2ccccc2)(c2ccccc2)c2ccc3sc4c(B5c6ccccc6Oc6ccccc65)cccc4c3c2)cc1. The molecule has 0 amide bonds. The van der Waals surface area contributed by atoms with E-state index in [2.05, 4.69) is 176 Å². The van der Waals surface area contributed by atoms with Crippen molar-refractivity contribution in [3.05, 3.63) is 176 Å². The van der Waals surface area contributed by atoms with Crippen LogP contribution < -0.4 is 41.9 Å². The van der Waals surface area contributed by atoms with Gasteiger partial charge in [-0.3, -0.25) is 0 Å². The van der Waals surface area contributed by atoms with Gasteiger partial charge in [0.05, 0.1) is 0 Å². The van der Waals surface area contributed by atoms with Crippen molar-refractivity contribution < 1.29 is 4.74 Å². The Hall–Kier alpha value is -5.16. The summed E-state index contributed by atoms with van der Waals surface area (Å²) in [6, 6.07) is 64.7. The highest BCUT2D eigenvalue weighted by atomic mass is 32.1. The third-order valence-corrected chi connectivity index (χ3v) is 15.6. The van der Waals surface area contributed by atoms with Crippen molar-refractivity contribution in [2.75, 3.05) is 0 Å². The maximum atomic E-state index is 6.39. The van der Waals surface area contributed by atoms with Crippen molar-refractivity contribution in [1.29, 1.82) is 0 Å². The van der Waals surface area contributed by atoms with Crippen molar-refractivity contribution in [2.24, 2.45) is 0 Å². The summed E-state index contributed by atoms with van der Waals surface area (Å²) >= 11 is 1.91. The Balaban J connectivity index is 1.32. The summed E-state index contributed by atoms with van der Waals surface area (Å²) in [6.07, 6.45) is 0. The van der Waals surface area contributed by atoms with E-state index in [0.717, 1.165) is 11.5 Å². The maximum absolute atomic E-state index is 6.39. The first-order chi connectivity index (χ1) is 22.8. The Kier molecular flexibility index (Phi) is 6.51. The van der Waals surface area contributed by atoms with Crippen molar-refractivity contribution in [1.82, 2.24) is 0 Å². The van der Waals surface area contributed by atoms with Crippen molar-refractivity contribution in [2.45, 2.75) is 0 Å². The van der Waals surface area contributed by atoms with Crippen LogP contribution in [0.2, 0.25) is 0 Å². The second-order valence-corrected chi connectivity index (χ2v) is 16.9. The molecule has 1 nitrogen and oxygen atoms in total. The van der Waals surface area contributed by atoms with Gasteiger partial charge in [0.25, 0.3) is 6.71 Å². The van der Waals surface area contributed by atoms with Crippen LogP contribution in [0.4, 0.5) is 0 Å². The first-order valence-electron chi connectivity index (χ1n) is 15.8. The zero-order valence-electron chi connectivity index (χ0n) is 25.1. The Morgan fingerprint density at radius 1 is 0.413 bits per heavy atom. The summed E-state index contributed by atoms with van der Waals surface area (Å²) < 4.78 is 9.05. The molecule has 0 N–H and O–H groups in total. The second-order valence-electron chi connectivity index (χ2n) is 12.0. The lowest BCUT2D eigenvalue weighted by Gasteiger charge is -2.34. The molecule has 0 unspecified atom stereocenters.